The number of hydrogen-bond donors (Lipinski definition) is 1. The van der Waals surface area contributed by atoms with Gasteiger partial charge in [-0.1, -0.05) is 30.3 Å². The first-order chi connectivity index (χ1) is 7.29. The van der Waals surface area contributed by atoms with Crippen LogP contribution in [0.2, 0.25) is 0 Å². The van der Waals surface area contributed by atoms with Crippen molar-refractivity contribution in [3.8, 4) is 0 Å². The molecule has 1 aromatic carbocycles. The monoisotopic (exact) mass is 202 g/mol. The first-order valence-electron chi connectivity index (χ1n) is 5.30. The van der Waals surface area contributed by atoms with Gasteiger partial charge in [0.1, 0.15) is 0 Å². The number of carboxylic acids is 1. The number of benzene rings is 1. The van der Waals surface area contributed by atoms with Gasteiger partial charge in [-0.3, -0.25) is 0 Å². The predicted molar refractivity (Wildman–Crippen MR) is 59.5 cm³/mol. The summed E-state index contributed by atoms with van der Waals surface area (Å²) in [6.45, 7) is 0. The molecule has 0 radical (unpaired) electrons. The standard InChI is InChI=1S/C13H14O2/c14-13(15)12-9-5-4-8-11(12)10-6-2-1-3-7-10/h1-3,6-7H,4-5,8-9H2,(H,14,15). The lowest BCUT2D eigenvalue weighted by atomic mass is 9.87. The van der Waals surface area contributed by atoms with E-state index < -0.39 is 5.97 Å². The summed E-state index contributed by atoms with van der Waals surface area (Å²) in [6, 6.07) is 9.84. The van der Waals surface area contributed by atoms with E-state index in [1.54, 1.807) is 0 Å². The second-order valence-electron chi connectivity index (χ2n) is 3.84. The fraction of sp³-hybridized carbons (Fsp3) is 0.308. The summed E-state index contributed by atoms with van der Waals surface area (Å²) in [7, 11) is 0. The summed E-state index contributed by atoms with van der Waals surface area (Å²) in [5.74, 6) is -0.756. The van der Waals surface area contributed by atoms with E-state index in [1.165, 1.54) is 0 Å². The molecule has 0 fully saturated rings. The molecule has 2 heteroatoms. The summed E-state index contributed by atoms with van der Waals surface area (Å²) < 4.78 is 0. The van der Waals surface area contributed by atoms with E-state index in [9.17, 15) is 4.79 Å². The third-order valence-corrected chi connectivity index (χ3v) is 2.85. The number of carbonyl (C=O) groups is 1. The van der Waals surface area contributed by atoms with Gasteiger partial charge in [-0.15, -0.1) is 0 Å². The summed E-state index contributed by atoms with van der Waals surface area (Å²) >= 11 is 0. The van der Waals surface area contributed by atoms with E-state index in [-0.39, 0.29) is 0 Å². The second kappa shape index (κ2) is 4.30. The first kappa shape index (κ1) is 9.97. The van der Waals surface area contributed by atoms with Crippen LogP contribution >= 0.6 is 0 Å². The molecule has 0 saturated carbocycles. The van der Waals surface area contributed by atoms with Crippen LogP contribution in [0.1, 0.15) is 31.2 Å². The lowest BCUT2D eigenvalue weighted by Gasteiger charge is -2.17. The molecule has 0 aliphatic heterocycles. The zero-order valence-corrected chi connectivity index (χ0v) is 8.57. The highest BCUT2D eigenvalue weighted by Gasteiger charge is 2.18. The molecule has 0 spiro atoms. The molecule has 2 rings (SSSR count). The van der Waals surface area contributed by atoms with Gasteiger partial charge >= 0.3 is 5.97 Å². The van der Waals surface area contributed by atoms with Crippen LogP contribution in [-0.2, 0) is 4.79 Å². The molecule has 2 nitrogen and oxygen atoms in total. The SMILES string of the molecule is O=C(O)C1=C(c2ccccc2)CCCC1. The van der Waals surface area contributed by atoms with Crippen molar-refractivity contribution >= 4 is 11.5 Å². The van der Waals surface area contributed by atoms with E-state index in [2.05, 4.69) is 0 Å². The van der Waals surface area contributed by atoms with Crippen molar-refractivity contribution in [2.24, 2.45) is 0 Å². The summed E-state index contributed by atoms with van der Waals surface area (Å²) in [6.07, 6.45) is 3.70. The smallest absolute Gasteiger partial charge is 0.331 e. The highest BCUT2D eigenvalue weighted by Crippen LogP contribution is 2.32. The molecule has 0 unspecified atom stereocenters. The number of hydrogen-bond acceptors (Lipinski definition) is 1. The zero-order chi connectivity index (χ0) is 10.7. The van der Waals surface area contributed by atoms with Crippen LogP contribution in [0.4, 0.5) is 0 Å². The van der Waals surface area contributed by atoms with Gasteiger partial charge in [0.2, 0.25) is 0 Å². The minimum Gasteiger partial charge on any atom is -0.478 e. The molecule has 78 valence electrons. The lowest BCUT2D eigenvalue weighted by molar-refractivity contribution is -0.132. The van der Waals surface area contributed by atoms with Crippen LogP contribution < -0.4 is 0 Å². The summed E-state index contributed by atoms with van der Waals surface area (Å²) in [4.78, 5) is 11.1. The van der Waals surface area contributed by atoms with Crippen LogP contribution in [0.15, 0.2) is 35.9 Å². The fourth-order valence-corrected chi connectivity index (χ4v) is 2.10. The van der Waals surface area contributed by atoms with Crippen LogP contribution in [0, 0.1) is 0 Å². The Labute approximate surface area is 89.2 Å². The van der Waals surface area contributed by atoms with Crippen molar-refractivity contribution < 1.29 is 9.90 Å². The van der Waals surface area contributed by atoms with E-state index in [1.807, 2.05) is 30.3 Å². The van der Waals surface area contributed by atoms with Gasteiger partial charge in [-0.05, 0) is 36.8 Å². The van der Waals surface area contributed by atoms with Crippen LogP contribution in [-0.4, -0.2) is 11.1 Å². The molecule has 0 saturated heterocycles. The van der Waals surface area contributed by atoms with Crippen LogP contribution in [0.25, 0.3) is 5.57 Å². The largest absolute Gasteiger partial charge is 0.478 e. The van der Waals surface area contributed by atoms with Crippen molar-refractivity contribution in [2.75, 3.05) is 0 Å². The molecule has 0 heterocycles. The Balaban J connectivity index is 2.44. The van der Waals surface area contributed by atoms with Crippen molar-refractivity contribution in [2.45, 2.75) is 25.7 Å². The average molecular weight is 202 g/mol. The Morgan fingerprint density at radius 3 is 2.40 bits per heavy atom. The summed E-state index contributed by atoms with van der Waals surface area (Å²) in [5.41, 5.74) is 2.69. The average Bonchev–Trinajstić information content (AvgIpc) is 2.30. The number of aliphatic carboxylic acids is 1. The Bertz CT molecular complexity index is 390. The van der Waals surface area contributed by atoms with Gasteiger partial charge in [0.25, 0.3) is 0 Å². The topological polar surface area (TPSA) is 37.3 Å². The number of rotatable bonds is 2. The molecule has 0 aromatic heterocycles. The maximum absolute atomic E-state index is 11.1. The lowest BCUT2D eigenvalue weighted by Crippen LogP contribution is -2.08. The van der Waals surface area contributed by atoms with Crippen LogP contribution in [0.3, 0.4) is 0 Å². The molecular weight excluding hydrogens is 188 g/mol. The van der Waals surface area contributed by atoms with Gasteiger partial charge in [0.05, 0.1) is 0 Å². The number of allylic oxidation sites excluding steroid dienone is 1. The molecule has 0 bridgehead atoms. The van der Waals surface area contributed by atoms with Gasteiger partial charge in [0.15, 0.2) is 0 Å². The highest BCUT2D eigenvalue weighted by molar-refractivity contribution is 5.96. The predicted octanol–water partition coefficient (Wildman–Crippen LogP) is 3.10. The maximum Gasteiger partial charge on any atom is 0.331 e. The van der Waals surface area contributed by atoms with Crippen molar-refractivity contribution in [3.63, 3.8) is 0 Å². The van der Waals surface area contributed by atoms with Crippen molar-refractivity contribution in [3.05, 3.63) is 41.5 Å². The Morgan fingerprint density at radius 1 is 1.07 bits per heavy atom. The van der Waals surface area contributed by atoms with E-state index in [0.29, 0.717) is 12.0 Å². The molecular formula is C13H14O2. The Kier molecular flexibility index (Phi) is 2.86. The minimum atomic E-state index is -0.756. The number of carboxylic acid groups (broad SMARTS) is 1. The highest BCUT2D eigenvalue weighted by atomic mass is 16.4. The zero-order valence-electron chi connectivity index (χ0n) is 8.57. The van der Waals surface area contributed by atoms with E-state index in [0.717, 1.165) is 30.4 Å². The van der Waals surface area contributed by atoms with Gasteiger partial charge in [0, 0.05) is 5.57 Å². The molecule has 1 aliphatic carbocycles. The normalized spacial score (nSPS) is 16.5. The second-order valence-corrected chi connectivity index (χ2v) is 3.84. The van der Waals surface area contributed by atoms with Crippen molar-refractivity contribution in [1.82, 2.24) is 0 Å². The quantitative estimate of drug-likeness (QED) is 0.800. The summed E-state index contributed by atoms with van der Waals surface area (Å²) in [5, 5.41) is 9.11. The van der Waals surface area contributed by atoms with Gasteiger partial charge < -0.3 is 5.11 Å². The molecule has 1 N–H and O–H groups in total. The maximum atomic E-state index is 11.1. The molecule has 0 amide bonds. The van der Waals surface area contributed by atoms with Gasteiger partial charge in [-0.25, -0.2) is 4.79 Å². The third-order valence-electron chi connectivity index (χ3n) is 2.85. The van der Waals surface area contributed by atoms with Crippen LogP contribution in [0.5, 0.6) is 0 Å². The Hall–Kier alpha value is -1.57. The van der Waals surface area contributed by atoms with Gasteiger partial charge in [-0.2, -0.15) is 0 Å². The third kappa shape index (κ3) is 2.09. The molecule has 1 aromatic rings. The van der Waals surface area contributed by atoms with Crippen molar-refractivity contribution in [1.29, 1.82) is 0 Å². The van der Waals surface area contributed by atoms with E-state index >= 15 is 0 Å². The first-order valence-corrected chi connectivity index (χ1v) is 5.30. The Morgan fingerprint density at radius 2 is 1.73 bits per heavy atom. The molecule has 1 aliphatic rings. The van der Waals surface area contributed by atoms with E-state index in [4.69, 9.17) is 5.11 Å². The molecule has 0 atom stereocenters. The minimum absolute atomic E-state index is 0.604. The fourth-order valence-electron chi connectivity index (χ4n) is 2.10. The molecule has 15 heavy (non-hydrogen) atoms.